The van der Waals surface area contributed by atoms with Crippen molar-refractivity contribution in [3.05, 3.63) is 34.3 Å². The Morgan fingerprint density at radius 3 is 2.71 bits per heavy atom. The molecule has 21 heavy (non-hydrogen) atoms. The fourth-order valence-electron chi connectivity index (χ4n) is 2.36. The molecular formula is C16H24N4S. The van der Waals surface area contributed by atoms with Crippen molar-refractivity contribution in [3.63, 3.8) is 0 Å². The van der Waals surface area contributed by atoms with Gasteiger partial charge in [0.1, 0.15) is 18.0 Å². The molecule has 0 aliphatic rings. The number of hydrogen-bond donors (Lipinski definition) is 2. The summed E-state index contributed by atoms with van der Waals surface area (Å²) in [5, 5.41) is 9.00. The molecule has 0 aliphatic carbocycles. The zero-order valence-corrected chi connectivity index (χ0v) is 13.8. The van der Waals surface area contributed by atoms with Crippen LogP contribution in [0.1, 0.15) is 37.6 Å². The molecular weight excluding hydrogens is 280 g/mol. The van der Waals surface area contributed by atoms with Gasteiger partial charge in [-0.15, -0.1) is 11.3 Å². The summed E-state index contributed by atoms with van der Waals surface area (Å²) >= 11 is 1.80. The second-order valence-corrected chi connectivity index (χ2v) is 6.19. The lowest BCUT2D eigenvalue weighted by atomic mass is 10.1. The third kappa shape index (κ3) is 4.43. The zero-order chi connectivity index (χ0) is 15.1. The van der Waals surface area contributed by atoms with E-state index in [1.54, 1.807) is 17.7 Å². The second-order valence-electron chi connectivity index (χ2n) is 5.16. The van der Waals surface area contributed by atoms with Crippen LogP contribution in [0.2, 0.25) is 0 Å². The Morgan fingerprint density at radius 1 is 1.24 bits per heavy atom. The van der Waals surface area contributed by atoms with Crippen molar-refractivity contribution in [2.24, 2.45) is 0 Å². The van der Waals surface area contributed by atoms with Gasteiger partial charge in [-0.2, -0.15) is 0 Å². The lowest BCUT2D eigenvalue weighted by Gasteiger charge is -2.18. The Kier molecular flexibility index (Phi) is 5.99. The Bertz CT molecular complexity index is 539. The fourth-order valence-corrected chi connectivity index (χ4v) is 3.19. The molecule has 4 nitrogen and oxygen atoms in total. The number of nitrogens with one attached hydrogen (secondary N) is 2. The molecule has 2 rings (SSSR count). The van der Waals surface area contributed by atoms with Gasteiger partial charge in [0.15, 0.2) is 0 Å². The van der Waals surface area contributed by atoms with Crippen molar-refractivity contribution in [2.75, 3.05) is 17.2 Å². The van der Waals surface area contributed by atoms with E-state index in [1.165, 1.54) is 10.4 Å². The molecule has 2 aromatic rings. The molecule has 2 aromatic heterocycles. The van der Waals surface area contributed by atoms with Gasteiger partial charge in [0.2, 0.25) is 0 Å². The van der Waals surface area contributed by atoms with Gasteiger partial charge in [-0.3, -0.25) is 0 Å². The van der Waals surface area contributed by atoms with E-state index in [-0.39, 0.29) is 0 Å². The highest BCUT2D eigenvalue weighted by atomic mass is 32.1. The Hall–Kier alpha value is -1.62. The van der Waals surface area contributed by atoms with Crippen LogP contribution in [0.25, 0.3) is 0 Å². The second kappa shape index (κ2) is 7.98. The van der Waals surface area contributed by atoms with E-state index in [0.717, 1.165) is 37.4 Å². The number of aromatic nitrogens is 2. The average molecular weight is 304 g/mol. The molecule has 0 amide bonds. The summed E-state index contributed by atoms with van der Waals surface area (Å²) in [7, 11) is 0. The van der Waals surface area contributed by atoms with Gasteiger partial charge in [0, 0.05) is 29.4 Å². The summed E-state index contributed by atoms with van der Waals surface area (Å²) in [4.78, 5) is 10.2. The Balaban J connectivity index is 2.12. The summed E-state index contributed by atoms with van der Waals surface area (Å²) in [5.41, 5.74) is 1.19. The molecule has 0 aromatic carbocycles. The molecule has 2 N–H and O–H groups in total. The molecule has 0 aliphatic heterocycles. The predicted octanol–water partition coefficient (Wildman–Crippen LogP) is 3.97. The monoisotopic (exact) mass is 304 g/mol. The van der Waals surface area contributed by atoms with E-state index >= 15 is 0 Å². The predicted molar refractivity (Wildman–Crippen MR) is 91.3 cm³/mol. The summed E-state index contributed by atoms with van der Waals surface area (Å²) in [5.74, 6) is 1.92. The maximum atomic E-state index is 4.45. The normalized spacial score (nSPS) is 12.1. The van der Waals surface area contributed by atoms with Crippen LogP contribution < -0.4 is 10.6 Å². The van der Waals surface area contributed by atoms with E-state index in [0.29, 0.717) is 6.04 Å². The van der Waals surface area contributed by atoms with Crippen LogP contribution in [0.3, 0.4) is 0 Å². The number of thiophene rings is 1. The number of anilines is 2. The van der Waals surface area contributed by atoms with Gasteiger partial charge in [-0.1, -0.05) is 19.4 Å². The van der Waals surface area contributed by atoms with Crippen LogP contribution in [0.5, 0.6) is 0 Å². The standard InChI is InChI=1S/C16H24N4S/c1-4-7-14-15(17-5-2)18-11-19-16(14)20-12(3)10-13-8-6-9-21-13/h6,8-9,11-12H,4-5,7,10H2,1-3H3,(H2,17,18,19,20). The molecule has 0 saturated heterocycles. The first-order valence-corrected chi connectivity index (χ1v) is 8.49. The van der Waals surface area contributed by atoms with Gasteiger partial charge in [-0.05, 0) is 31.7 Å². The molecule has 114 valence electrons. The topological polar surface area (TPSA) is 49.8 Å². The molecule has 2 heterocycles. The highest BCUT2D eigenvalue weighted by Gasteiger charge is 2.13. The maximum absolute atomic E-state index is 4.45. The van der Waals surface area contributed by atoms with Crippen molar-refractivity contribution < 1.29 is 0 Å². The average Bonchev–Trinajstić information content (AvgIpc) is 2.95. The third-order valence-corrected chi connectivity index (χ3v) is 4.16. The number of rotatable bonds is 8. The molecule has 5 heteroatoms. The largest absolute Gasteiger partial charge is 0.370 e. The maximum Gasteiger partial charge on any atom is 0.134 e. The first kappa shape index (κ1) is 15.8. The van der Waals surface area contributed by atoms with Crippen LogP contribution in [-0.2, 0) is 12.8 Å². The molecule has 0 spiro atoms. The number of nitrogens with zero attached hydrogens (tertiary/aromatic N) is 2. The SMILES string of the molecule is CCCc1c(NCC)ncnc1NC(C)Cc1cccs1. The molecule has 1 atom stereocenters. The minimum absolute atomic E-state index is 0.351. The van der Waals surface area contributed by atoms with Gasteiger partial charge in [-0.25, -0.2) is 9.97 Å². The van der Waals surface area contributed by atoms with Crippen LogP contribution >= 0.6 is 11.3 Å². The van der Waals surface area contributed by atoms with E-state index in [1.807, 2.05) is 0 Å². The smallest absolute Gasteiger partial charge is 0.134 e. The first-order chi connectivity index (χ1) is 10.2. The van der Waals surface area contributed by atoms with E-state index in [9.17, 15) is 0 Å². The van der Waals surface area contributed by atoms with Gasteiger partial charge < -0.3 is 10.6 Å². The Morgan fingerprint density at radius 2 is 2.05 bits per heavy atom. The van der Waals surface area contributed by atoms with Crippen LogP contribution in [0.4, 0.5) is 11.6 Å². The zero-order valence-electron chi connectivity index (χ0n) is 13.0. The lowest BCUT2D eigenvalue weighted by molar-refractivity contribution is 0.785. The van der Waals surface area contributed by atoms with Crippen LogP contribution in [-0.4, -0.2) is 22.6 Å². The van der Waals surface area contributed by atoms with E-state index < -0.39 is 0 Å². The molecule has 1 unspecified atom stereocenters. The molecule has 0 saturated carbocycles. The van der Waals surface area contributed by atoms with E-state index in [4.69, 9.17) is 0 Å². The molecule has 0 bridgehead atoms. The minimum atomic E-state index is 0.351. The van der Waals surface area contributed by atoms with Crippen molar-refractivity contribution in [3.8, 4) is 0 Å². The highest BCUT2D eigenvalue weighted by molar-refractivity contribution is 7.09. The first-order valence-electron chi connectivity index (χ1n) is 7.61. The Labute approximate surface area is 131 Å². The van der Waals surface area contributed by atoms with Gasteiger partial charge >= 0.3 is 0 Å². The quantitative estimate of drug-likeness (QED) is 0.775. The van der Waals surface area contributed by atoms with Crippen molar-refractivity contribution in [1.82, 2.24) is 9.97 Å². The fraction of sp³-hybridized carbons (Fsp3) is 0.500. The molecule has 0 radical (unpaired) electrons. The minimum Gasteiger partial charge on any atom is -0.370 e. The van der Waals surface area contributed by atoms with Crippen molar-refractivity contribution in [2.45, 2.75) is 46.1 Å². The van der Waals surface area contributed by atoms with E-state index in [2.05, 4.69) is 58.9 Å². The molecule has 0 fully saturated rings. The van der Waals surface area contributed by atoms with Gasteiger partial charge in [0.05, 0.1) is 0 Å². The summed E-state index contributed by atoms with van der Waals surface area (Å²) in [6, 6.07) is 4.63. The summed E-state index contributed by atoms with van der Waals surface area (Å²) in [6.07, 6.45) is 4.72. The van der Waals surface area contributed by atoms with Crippen molar-refractivity contribution >= 4 is 23.0 Å². The summed E-state index contributed by atoms with van der Waals surface area (Å²) in [6.45, 7) is 7.34. The number of hydrogen-bond acceptors (Lipinski definition) is 5. The highest BCUT2D eigenvalue weighted by Crippen LogP contribution is 2.23. The van der Waals surface area contributed by atoms with Crippen LogP contribution in [0.15, 0.2) is 23.8 Å². The van der Waals surface area contributed by atoms with Crippen LogP contribution in [0, 0.1) is 0 Å². The van der Waals surface area contributed by atoms with Crippen molar-refractivity contribution in [1.29, 1.82) is 0 Å². The lowest BCUT2D eigenvalue weighted by Crippen LogP contribution is -2.20. The summed E-state index contributed by atoms with van der Waals surface area (Å²) < 4.78 is 0. The van der Waals surface area contributed by atoms with Gasteiger partial charge in [0.25, 0.3) is 0 Å². The third-order valence-electron chi connectivity index (χ3n) is 3.26.